The Morgan fingerprint density at radius 2 is 1.81 bits per heavy atom. The van der Waals surface area contributed by atoms with Crippen molar-refractivity contribution in [2.45, 2.75) is 44.1 Å². The van der Waals surface area contributed by atoms with Crippen molar-refractivity contribution in [3.63, 3.8) is 0 Å². The van der Waals surface area contributed by atoms with Crippen LogP contribution in [-0.2, 0) is 10.9 Å². The normalized spacial score (nSPS) is 15.5. The van der Waals surface area contributed by atoms with Crippen molar-refractivity contribution in [1.29, 1.82) is 0 Å². The van der Waals surface area contributed by atoms with Gasteiger partial charge >= 0.3 is 12.3 Å². The molecule has 1 amide bonds. The second kappa shape index (κ2) is 9.56. The number of carbonyl (C=O) groups excluding carboxylic acids is 1. The van der Waals surface area contributed by atoms with Crippen LogP contribution in [-0.4, -0.2) is 59.0 Å². The Bertz CT molecular complexity index is 963. The Balaban J connectivity index is 1.84. The number of nitrogens with zero attached hydrogens (tertiary/aromatic N) is 4. The van der Waals surface area contributed by atoms with Gasteiger partial charge < -0.3 is 14.5 Å². The molecule has 1 saturated heterocycles. The van der Waals surface area contributed by atoms with Gasteiger partial charge in [-0.15, -0.1) is 0 Å². The Hall–Kier alpha value is -2.49. The van der Waals surface area contributed by atoms with E-state index in [9.17, 15) is 18.0 Å². The van der Waals surface area contributed by atoms with Crippen molar-refractivity contribution in [3.8, 4) is 11.3 Å². The van der Waals surface area contributed by atoms with E-state index in [2.05, 4.69) is 9.97 Å². The molecule has 0 bridgehead atoms. The maximum atomic E-state index is 13.2. The number of hydrogen-bond donors (Lipinski definition) is 0. The minimum atomic E-state index is -4.43. The number of amides is 1. The molecule has 174 valence electrons. The average Bonchev–Trinajstić information content (AvgIpc) is 2.98. The molecule has 1 aliphatic rings. The minimum absolute atomic E-state index is 0.350. The van der Waals surface area contributed by atoms with Crippen LogP contribution in [0.5, 0.6) is 0 Å². The van der Waals surface area contributed by atoms with Crippen LogP contribution in [0.1, 0.15) is 32.8 Å². The molecule has 0 aliphatic carbocycles. The highest BCUT2D eigenvalue weighted by Gasteiger charge is 2.31. The predicted molar refractivity (Wildman–Crippen MR) is 119 cm³/mol. The Kier molecular flexibility index (Phi) is 7.22. The zero-order chi connectivity index (χ0) is 23.5. The van der Waals surface area contributed by atoms with Gasteiger partial charge in [0.2, 0.25) is 0 Å². The Labute approximate surface area is 190 Å². The number of rotatable bonds is 3. The van der Waals surface area contributed by atoms with E-state index >= 15 is 0 Å². The van der Waals surface area contributed by atoms with Gasteiger partial charge in [0.05, 0.1) is 11.3 Å². The zero-order valence-corrected chi connectivity index (χ0v) is 19.4. The highest BCUT2D eigenvalue weighted by atomic mass is 32.2. The molecule has 0 N–H and O–H groups in total. The summed E-state index contributed by atoms with van der Waals surface area (Å²) in [5, 5.41) is 0.475. The molecule has 0 spiro atoms. The summed E-state index contributed by atoms with van der Waals surface area (Å²) >= 11 is 1.33. The maximum absolute atomic E-state index is 13.2. The molecule has 1 fully saturated rings. The highest BCUT2D eigenvalue weighted by Crippen LogP contribution is 2.33. The molecule has 0 unspecified atom stereocenters. The largest absolute Gasteiger partial charge is 0.444 e. The van der Waals surface area contributed by atoms with Crippen molar-refractivity contribution in [3.05, 3.63) is 35.9 Å². The summed E-state index contributed by atoms with van der Waals surface area (Å²) < 4.78 is 45.0. The molecule has 1 aromatic carbocycles. The van der Waals surface area contributed by atoms with E-state index in [1.807, 2.05) is 31.9 Å². The molecule has 0 radical (unpaired) electrons. The number of alkyl halides is 3. The Morgan fingerprint density at radius 3 is 2.47 bits per heavy atom. The molecule has 6 nitrogen and oxygen atoms in total. The second-order valence-electron chi connectivity index (χ2n) is 8.48. The number of halogens is 3. The molecule has 1 aliphatic heterocycles. The van der Waals surface area contributed by atoms with Crippen LogP contribution in [0, 0.1) is 0 Å². The van der Waals surface area contributed by atoms with Gasteiger partial charge in [0.25, 0.3) is 0 Å². The Morgan fingerprint density at radius 1 is 1.06 bits per heavy atom. The monoisotopic (exact) mass is 468 g/mol. The smallest absolute Gasteiger partial charge is 0.416 e. The third kappa shape index (κ3) is 6.27. The summed E-state index contributed by atoms with van der Waals surface area (Å²) in [5.41, 5.74) is -0.477. The fourth-order valence-corrected chi connectivity index (χ4v) is 3.70. The van der Waals surface area contributed by atoms with Crippen molar-refractivity contribution >= 4 is 23.7 Å². The minimum Gasteiger partial charge on any atom is -0.444 e. The average molecular weight is 469 g/mol. The molecule has 32 heavy (non-hydrogen) atoms. The van der Waals surface area contributed by atoms with Crippen molar-refractivity contribution < 1.29 is 22.7 Å². The fraction of sp³-hybridized carbons (Fsp3) is 0.500. The molecule has 2 heterocycles. The number of thioether (sulfide) groups is 1. The van der Waals surface area contributed by atoms with Gasteiger partial charge in [0, 0.05) is 37.8 Å². The van der Waals surface area contributed by atoms with E-state index in [4.69, 9.17) is 4.74 Å². The van der Waals surface area contributed by atoms with Gasteiger partial charge in [-0.25, -0.2) is 14.8 Å². The summed E-state index contributed by atoms with van der Waals surface area (Å²) in [5.74, 6) is 0.628. The fourth-order valence-electron chi connectivity index (χ4n) is 3.32. The van der Waals surface area contributed by atoms with Crippen LogP contribution in [0.2, 0.25) is 0 Å². The summed E-state index contributed by atoms with van der Waals surface area (Å²) in [6, 6.07) is 6.84. The lowest BCUT2D eigenvalue weighted by molar-refractivity contribution is -0.137. The van der Waals surface area contributed by atoms with Crippen molar-refractivity contribution in [1.82, 2.24) is 14.9 Å². The topological polar surface area (TPSA) is 58.6 Å². The molecule has 10 heteroatoms. The van der Waals surface area contributed by atoms with Crippen molar-refractivity contribution in [2.24, 2.45) is 0 Å². The lowest BCUT2D eigenvalue weighted by Gasteiger charge is -2.26. The third-order valence-electron chi connectivity index (χ3n) is 4.83. The van der Waals surface area contributed by atoms with Gasteiger partial charge in [0.1, 0.15) is 11.4 Å². The highest BCUT2D eigenvalue weighted by molar-refractivity contribution is 7.98. The van der Waals surface area contributed by atoms with Gasteiger partial charge in [-0.05, 0) is 45.6 Å². The molecule has 3 rings (SSSR count). The number of anilines is 1. The van der Waals surface area contributed by atoms with Crippen LogP contribution in [0.15, 0.2) is 35.5 Å². The van der Waals surface area contributed by atoms with E-state index in [-0.39, 0.29) is 6.09 Å². The standard InChI is InChI=1S/C22H27F3N4O2S/c1-21(2,3)31-20(30)29-10-6-9-28(11-12-29)18-14-17(26-19(27-18)32-4)15-7-5-8-16(13-15)22(23,24)25/h5,7-8,13-14H,6,9-12H2,1-4H3. The van der Waals surface area contributed by atoms with Crippen LogP contribution < -0.4 is 4.90 Å². The number of aromatic nitrogens is 2. The predicted octanol–water partition coefficient (Wildman–Crippen LogP) is 5.33. The van der Waals surface area contributed by atoms with Crippen LogP contribution >= 0.6 is 11.8 Å². The first kappa shape index (κ1) is 24.2. The molecular weight excluding hydrogens is 441 g/mol. The molecule has 1 aromatic heterocycles. The first-order valence-corrected chi connectivity index (χ1v) is 11.5. The number of ether oxygens (including phenoxy) is 1. The van der Waals surface area contributed by atoms with Crippen LogP contribution in [0.3, 0.4) is 0 Å². The van der Waals surface area contributed by atoms with E-state index in [1.165, 1.54) is 17.8 Å². The molecule has 2 aromatic rings. The lowest BCUT2D eigenvalue weighted by Crippen LogP contribution is -2.39. The van der Waals surface area contributed by atoms with Gasteiger partial charge in [-0.1, -0.05) is 23.9 Å². The van der Waals surface area contributed by atoms with Gasteiger partial charge in [0.15, 0.2) is 5.16 Å². The summed E-state index contributed by atoms with van der Waals surface area (Å²) in [6.07, 6.45) is -2.24. The SMILES string of the molecule is CSc1nc(-c2cccc(C(F)(F)F)c2)cc(N2CCCN(C(=O)OC(C)(C)C)CC2)n1. The molecule has 0 atom stereocenters. The summed E-state index contributed by atoms with van der Waals surface area (Å²) in [6.45, 7) is 7.70. The molecule has 0 saturated carbocycles. The number of hydrogen-bond acceptors (Lipinski definition) is 6. The van der Waals surface area contributed by atoms with E-state index in [0.717, 1.165) is 18.6 Å². The third-order valence-corrected chi connectivity index (χ3v) is 5.38. The number of benzene rings is 1. The summed E-state index contributed by atoms with van der Waals surface area (Å²) in [4.78, 5) is 25.1. The first-order valence-electron chi connectivity index (χ1n) is 10.3. The number of carbonyl (C=O) groups is 1. The van der Waals surface area contributed by atoms with E-state index in [1.54, 1.807) is 17.0 Å². The zero-order valence-electron chi connectivity index (χ0n) is 18.6. The maximum Gasteiger partial charge on any atom is 0.416 e. The second-order valence-corrected chi connectivity index (χ2v) is 9.26. The first-order chi connectivity index (χ1) is 15.0. The van der Waals surface area contributed by atoms with Gasteiger partial charge in [-0.3, -0.25) is 0 Å². The van der Waals surface area contributed by atoms with Crippen molar-refractivity contribution in [2.75, 3.05) is 37.3 Å². The molecular formula is C22H27F3N4O2S. The lowest BCUT2D eigenvalue weighted by atomic mass is 10.1. The van der Waals surface area contributed by atoms with Gasteiger partial charge in [-0.2, -0.15) is 13.2 Å². The van der Waals surface area contributed by atoms with E-state index in [0.29, 0.717) is 48.4 Å². The van der Waals surface area contributed by atoms with Crippen LogP contribution in [0.25, 0.3) is 11.3 Å². The summed E-state index contributed by atoms with van der Waals surface area (Å²) in [7, 11) is 0. The quantitative estimate of drug-likeness (QED) is 0.448. The van der Waals surface area contributed by atoms with E-state index < -0.39 is 17.3 Å². The van der Waals surface area contributed by atoms with Crippen LogP contribution in [0.4, 0.5) is 23.8 Å².